The summed E-state index contributed by atoms with van der Waals surface area (Å²) in [7, 11) is 0. The van der Waals surface area contributed by atoms with Gasteiger partial charge in [0.2, 0.25) is 0 Å². The number of nitrogens with zero attached hydrogens (tertiary/aromatic N) is 1. The van der Waals surface area contributed by atoms with Crippen molar-refractivity contribution < 1.29 is 38.3 Å². The number of benzene rings is 1. The van der Waals surface area contributed by atoms with Crippen LogP contribution in [0.5, 0.6) is 5.75 Å². The van der Waals surface area contributed by atoms with E-state index < -0.39 is 11.9 Å². The molecule has 70 valence electrons. The number of carboxylic acid groups (broad SMARTS) is 1. The van der Waals surface area contributed by atoms with Crippen molar-refractivity contribution in [2.45, 2.75) is 0 Å². The second kappa shape index (κ2) is 5.87. The van der Waals surface area contributed by atoms with Gasteiger partial charge in [0.05, 0.1) is 5.56 Å². The summed E-state index contributed by atoms with van der Waals surface area (Å²) in [5, 5.41) is 18.6. The smallest absolute Gasteiger partial charge is 0.539 e. The summed E-state index contributed by atoms with van der Waals surface area (Å²) in [4.78, 5) is 20.6. The van der Waals surface area contributed by atoms with Crippen LogP contribution in [0.4, 0.5) is 0 Å². The Morgan fingerprint density at radius 2 is 1.93 bits per heavy atom. The van der Waals surface area contributed by atoms with Crippen LogP contribution in [0.1, 0.15) is 5.56 Å². The number of ether oxygens (including phenoxy) is 1. The van der Waals surface area contributed by atoms with Crippen LogP contribution >= 0.6 is 0 Å². The number of para-hydroxylation sites is 1. The van der Waals surface area contributed by atoms with E-state index in [-0.39, 0.29) is 30.2 Å². The fraction of sp³-hybridized carbons (Fsp3) is 0. The number of hydrogen-bond donors (Lipinski definition) is 0. The van der Waals surface area contributed by atoms with Crippen molar-refractivity contribution in [1.82, 2.24) is 0 Å². The summed E-state index contributed by atoms with van der Waals surface area (Å²) in [6.07, 6.45) is 0. The molecule has 0 bridgehead atoms. The van der Waals surface area contributed by atoms with E-state index in [4.69, 9.17) is 5.26 Å². The van der Waals surface area contributed by atoms with E-state index in [1.807, 2.05) is 0 Å². The monoisotopic (exact) mass is 197 g/mol. The van der Waals surface area contributed by atoms with Gasteiger partial charge >= 0.3 is 24.8 Å². The maximum absolute atomic E-state index is 10.6. The Bertz CT molecular complexity index is 424. The molecule has 0 saturated carbocycles. The average Bonchev–Trinajstić information content (AvgIpc) is 2.18. The molecule has 1 rings (SSSR count). The van der Waals surface area contributed by atoms with Gasteiger partial charge < -0.3 is 14.6 Å². The standard InChI is InChI=1S/C9H5NO4.Li/c10-5-6-3-1-2-4-7(6)14-9(13)8(11)12;/h1-4H,(H,11,12);/q;+1/p-1. The van der Waals surface area contributed by atoms with Crippen LogP contribution in [0.2, 0.25) is 0 Å². The largest absolute Gasteiger partial charge is 1.00 e. The number of carboxylic acids is 1. The second-order valence-corrected chi connectivity index (χ2v) is 2.28. The molecule has 0 N–H and O–H groups in total. The summed E-state index contributed by atoms with van der Waals surface area (Å²) in [6.45, 7) is 0. The molecule has 0 fully saturated rings. The quantitative estimate of drug-likeness (QED) is 0.199. The number of aliphatic carboxylic acids is 1. The van der Waals surface area contributed by atoms with Crippen molar-refractivity contribution in [1.29, 1.82) is 5.26 Å². The van der Waals surface area contributed by atoms with Crippen molar-refractivity contribution in [3.63, 3.8) is 0 Å². The van der Waals surface area contributed by atoms with Gasteiger partial charge in [0.15, 0.2) is 5.97 Å². The number of carbonyl (C=O) groups excluding carboxylic acids is 2. The maximum atomic E-state index is 10.6. The Labute approximate surface area is 97.4 Å². The van der Waals surface area contributed by atoms with E-state index >= 15 is 0 Å². The minimum Gasteiger partial charge on any atom is -0.539 e. The zero-order valence-electron chi connectivity index (χ0n) is 7.89. The van der Waals surface area contributed by atoms with Gasteiger partial charge in [0.1, 0.15) is 11.8 Å². The number of carbonyl (C=O) groups is 2. The molecule has 0 radical (unpaired) electrons. The van der Waals surface area contributed by atoms with Crippen molar-refractivity contribution in [3.8, 4) is 11.8 Å². The molecular formula is C9H4LiNO4. The molecule has 15 heavy (non-hydrogen) atoms. The minimum atomic E-state index is -1.95. The molecule has 0 aliphatic rings. The van der Waals surface area contributed by atoms with Crippen molar-refractivity contribution >= 4 is 11.9 Å². The van der Waals surface area contributed by atoms with Crippen molar-refractivity contribution in [2.24, 2.45) is 0 Å². The third-order valence-corrected chi connectivity index (χ3v) is 1.38. The van der Waals surface area contributed by atoms with Crippen molar-refractivity contribution in [2.75, 3.05) is 0 Å². The molecule has 0 aliphatic carbocycles. The molecule has 0 aliphatic heterocycles. The van der Waals surface area contributed by atoms with Crippen LogP contribution in [0.15, 0.2) is 24.3 Å². The summed E-state index contributed by atoms with van der Waals surface area (Å²) in [5.41, 5.74) is 0.0853. The van der Waals surface area contributed by atoms with Gasteiger partial charge in [-0.15, -0.1) is 0 Å². The van der Waals surface area contributed by atoms with Gasteiger partial charge in [-0.05, 0) is 12.1 Å². The number of nitriles is 1. The predicted molar refractivity (Wildman–Crippen MR) is 41.8 cm³/mol. The molecule has 1 aromatic rings. The number of rotatable bonds is 1. The zero-order chi connectivity index (χ0) is 10.6. The predicted octanol–water partition coefficient (Wildman–Crippen LogP) is -3.78. The SMILES string of the molecule is N#Cc1ccccc1OC(=O)C(=O)[O-].[Li+]. The second-order valence-electron chi connectivity index (χ2n) is 2.28. The van der Waals surface area contributed by atoms with Crippen molar-refractivity contribution in [3.05, 3.63) is 29.8 Å². The molecular weight excluding hydrogens is 193 g/mol. The Morgan fingerprint density at radius 1 is 1.33 bits per heavy atom. The summed E-state index contributed by atoms with van der Waals surface area (Å²) >= 11 is 0. The molecule has 6 heteroatoms. The first kappa shape index (κ1) is 13.2. The van der Waals surface area contributed by atoms with Crippen LogP contribution in [-0.4, -0.2) is 11.9 Å². The molecule has 0 spiro atoms. The van der Waals surface area contributed by atoms with Gasteiger partial charge in [-0.3, -0.25) is 0 Å². The van der Waals surface area contributed by atoms with Gasteiger partial charge in [0, 0.05) is 0 Å². The van der Waals surface area contributed by atoms with Crippen LogP contribution in [0.3, 0.4) is 0 Å². The molecule has 0 heterocycles. The van der Waals surface area contributed by atoms with Crippen LogP contribution in [0, 0.1) is 11.3 Å². The maximum Gasteiger partial charge on any atom is 1.00 e. The first-order chi connectivity index (χ1) is 6.65. The van der Waals surface area contributed by atoms with Gasteiger partial charge in [-0.2, -0.15) is 5.26 Å². The van der Waals surface area contributed by atoms with E-state index in [1.165, 1.54) is 18.2 Å². The van der Waals surface area contributed by atoms with Crippen LogP contribution < -0.4 is 28.7 Å². The van der Waals surface area contributed by atoms with Gasteiger partial charge in [-0.25, -0.2) is 4.79 Å². The van der Waals surface area contributed by atoms with E-state index in [9.17, 15) is 14.7 Å². The first-order valence-electron chi connectivity index (χ1n) is 3.57. The molecule has 5 nitrogen and oxygen atoms in total. The van der Waals surface area contributed by atoms with E-state index in [0.717, 1.165) is 0 Å². The van der Waals surface area contributed by atoms with E-state index in [1.54, 1.807) is 12.1 Å². The Hall–Kier alpha value is -1.75. The molecule has 0 atom stereocenters. The average molecular weight is 197 g/mol. The van der Waals surface area contributed by atoms with Gasteiger partial charge in [-0.1, -0.05) is 12.1 Å². The Morgan fingerprint density at radius 3 is 2.47 bits per heavy atom. The summed E-state index contributed by atoms with van der Waals surface area (Å²) < 4.78 is 4.37. The number of hydrogen-bond acceptors (Lipinski definition) is 5. The molecule has 0 unspecified atom stereocenters. The molecule has 0 amide bonds. The molecule has 1 aromatic carbocycles. The Kier molecular flexibility index (Phi) is 5.18. The minimum absolute atomic E-state index is 0. The number of esters is 1. The summed E-state index contributed by atoms with van der Waals surface area (Å²) in [5.74, 6) is -3.56. The fourth-order valence-electron chi connectivity index (χ4n) is 0.790. The molecule has 0 saturated heterocycles. The van der Waals surface area contributed by atoms with Gasteiger partial charge in [0.25, 0.3) is 0 Å². The zero-order valence-corrected chi connectivity index (χ0v) is 7.89. The van der Waals surface area contributed by atoms with Crippen LogP contribution in [-0.2, 0) is 9.59 Å². The summed E-state index contributed by atoms with van der Waals surface area (Å²) in [6, 6.07) is 7.55. The fourth-order valence-corrected chi connectivity index (χ4v) is 0.790. The van der Waals surface area contributed by atoms with Crippen LogP contribution in [0.25, 0.3) is 0 Å². The van der Waals surface area contributed by atoms with E-state index in [2.05, 4.69) is 4.74 Å². The van der Waals surface area contributed by atoms with E-state index in [0.29, 0.717) is 0 Å². The first-order valence-corrected chi connectivity index (χ1v) is 3.57. The third-order valence-electron chi connectivity index (χ3n) is 1.38. The Balaban J connectivity index is 0.00000196. The molecule has 0 aromatic heterocycles. The normalized spacial score (nSPS) is 8.20. The topological polar surface area (TPSA) is 90.2 Å². The third kappa shape index (κ3) is 3.47.